The van der Waals surface area contributed by atoms with Crippen LogP contribution in [0, 0.1) is 0 Å². The van der Waals surface area contributed by atoms with Crippen LogP contribution < -0.4 is 29.6 Å². The number of phenolic OH excluding ortho intramolecular Hbond substituents is 2. The van der Waals surface area contributed by atoms with Crippen molar-refractivity contribution in [2.45, 2.75) is 0 Å². The normalized spacial score (nSPS) is 9.41. The zero-order chi connectivity index (χ0) is 11.5. The van der Waals surface area contributed by atoms with Gasteiger partial charge in [-0.3, -0.25) is 4.79 Å². The maximum Gasteiger partial charge on any atom is 1.00 e. The Hall–Kier alpha value is -1.29. The van der Waals surface area contributed by atoms with Crippen molar-refractivity contribution in [2.24, 2.45) is 0 Å². The first kappa shape index (κ1) is 13.8. The molecule has 0 bridgehead atoms. The van der Waals surface area contributed by atoms with Gasteiger partial charge in [0.25, 0.3) is 0 Å². The first-order valence-electron chi connectivity index (χ1n) is 4.81. The molecule has 0 aliphatic rings. The van der Waals surface area contributed by atoms with E-state index in [1.54, 1.807) is 30.3 Å². The molecule has 0 amide bonds. The minimum Gasteiger partial charge on any atom is -1.00 e. The fourth-order valence-electron chi connectivity index (χ4n) is 1.46. The van der Waals surface area contributed by atoms with E-state index in [0.29, 0.717) is 5.56 Å². The summed E-state index contributed by atoms with van der Waals surface area (Å²) in [6, 6.07) is 12.9. The molecule has 82 valence electrons. The summed E-state index contributed by atoms with van der Waals surface area (Å²) in [6.07, 6.45) is 0. The van der Waals surface area contributed by atoms with E-state index in [1.165, 1.54) is 18.2 Å². The summed E-state index contributed by atoms with van der Waals surface area (Å²) in [7, 11) is 0. The van der Waals surface area contributed by atoms with Crippen LogP contribution in [-0.4, -0.2) is 16.0 Å². The van der Waals surface area contributed by atoms with E-state index < -0.39 is 0 Å². The summed E-state index contributed by atoms with van der Waals surface area (Å²) in [5.74, 6) is -0.980. The number of carbonyl (C=O) groups is 1. The van der Waals surface area contributed by atoms with Gasteiger partial charge in [0.2, 0.25) is 0 Å². The molecule has 0 aliphatic heterocycles. The van der Waals surface area contributed by atoms with Crippen LogP contribution in [0.3, 0.4) is 0 Å². The molecule has 2 aromatic carbocycles. The number of hydrogen-bond acceptors (Lipinski definition) is 3. The molecule has 2 aromatic rings. The van der Waals surface area contributed by atoms with Gasteiger partial charge in [0.05, 0.1) is 5.56 Å². The molecule has 0 spiro atoms. The molecular formula is C13H11NaO3. The summed E-state index contributed by atoms with van der Waals surface area (Å²) >= 11 is 0. The summed E-state index contributed by atoms with van der Waals surface area (Å²) in [4.78, 5) is 11.9. The van der Waals surface area contributed by atoms with Gasteiger partial charge < -0.3 is 11.6 Å². The van der Waals surface area contributed by atoms with Gasteiger partial charge in [0.1, 0.15) is 0 Å². The van der Waals surface area contributed by atoms with Gasteiger partial charge in [-0.25, -0.2) is 0 Å². The van der Waals surface area contributed by atoms with Crippen molar-refractivity contribution >= 4 is 5.78 Å². The molecule has 0 unspecified atom stereocenters. The summed E-state index contributed by atoms with van der Waals surface area (Å²) < 4.78 is 0. The molecule has 4 heteroatoms. The SMILES string of the molecule is O=C(c1ccccc1)c1cccc(O)c1O.[H-].[Na+]. The van der Waals surface area contributed by atoms with E-state index in [4.69, 9.17) is 0 Å². The van der Waals surface area contributed by atoms with Crippen molar-refractivity contribution in [3.05, 3.63) is 59.7 Å². The second-order valence-electron chi connectivity index (χ2n) is 3.37. The van der Waals surface area contributed by atoms with Gasteiger partial charge >= 0.3 is 29.6 Å². The van der Waals surface area contributed by atoms with Crippen molar-refractivity contribution in [1.29, 1.82) is 0 Å². The molecule has 0 radical (unpaired) electrons. The molecule has 0 heterocycles. The quantitative estimate of drug-likeness (QED) is 0.419. The molecule has 2 rings (SSSR count). The molecule has 0 aromatic heterocycles. The Morgan fingerprint density at radius 1 is 0.941 bits per heavy atom. The first-order valence-corrected chi connectivity index (χ1v) is 4.81. The van der Waals surface area contributed by atoms with Gasteiger partial charge in [-0.05, 0) is 12.1 Å². The maximum atomic E-state index is 11.9. The largest absolute Gasteiger partial charge is 1.00 e. The number of hydrogen-bond donors (Lipinski definition) is 2. The van der Waals surface area contributed by atoms with E-state index >= 15 is 0 Å². The number of ketones is 1. The average Bonchev–Trinajstić information content (AvgIpc) is 2.33. The molecule has 0 saturated heterocycles. The van der Waals surface area contributed by atoms with E-state index in [2.05, 4.69) is 0 Å². The third-order valence-electron chi connectivity index (χ3n) is 2.30. The average molecular weight is 238 g/mol. The maximum absolute atomic E-state index is 11.9. The van der Waals surface area contributed by atoms with E-state index in [9.17, 15) is 15.0 Å². The molecule has 0 atom stereocenters. The number of para-hydroxylation sites is 1. The van der Waals surface area contributed by atoms with Gasteiger partial charge in [-0.1, -0.05) is 36.4 Å². The predicted octanol–water partition coefficient (Wildman–Crippen LogP) is -0.555. The Morgan fingerprint density at radius 2 is 1.59 bits per heavy atom. The Labute approximate surface area is 123 Å². The topological polar surface area (TPSA) is 57.5 Å². The van der Waals surface area contributed by atoms with Crippen molar-refractivity contribution in [3.8, 4) is 11.5 Å². The van der Waals surface area contributed by atoms with Gasteiger partial charge in [-0.2, -0.15) is 0 Å². The Morgan fingerprint density at radius 3 is 2.24 bits per heavy atom. The standard InChI is InChI=1S/C13H10O3.Na.H/c14-11-8-4-7-10(13(11)16)12(15)9-5-2-1-3-6-9;;/h1-8,14,16H;;/q;+1;-1. The Kier molecular flexibility index (Phi) is 4.75. The monoisotopic (exact) mass is 238 g/mol. The van der Waals surface area contributed by atoms with Crippen molar-refractivity contribution < 1.29 is 46.0 Å². The van der Waals surface area contributed by atoms with E-state index in [0.717, 1.165) is 0 Å². The summed E-state index contributed by atoms with van der Waals surface area (Å²) in [5, 5.41) is 18.9. The van der Waals surface area contributed by atoms with Gasteiger partial charge in [-0.15, -0.1) is 0 Å². The second-order valence-corrected chi connectivity index (χ2v) is 3.37. The third-order valence-corrected chi connectivity index (χ3v) is 2.30. The number of carbonyl (C=O) groups excluding carboxylic acids is 1. The Bertz CT molecular complexity index is 529. The zero-order valence-electron chi connectivity index (χ0n) is 10.4. The van der Waals surface area contributed by atoms with Crippen LogP contribution in [-0.2, 0) is 0 Å². The molecule has 0 saturated carbocycles. The van der Waals surface area contributed by atoms with Crippen LogP contribution >= 0.6 is 0 Å². The molecule has 3 nitrogen and oxygen atoms in total. The fourth-order valence-corrected chi connectivity index (χ4v) is 1.46. The minimum absolute atomic E-state index is 0. The summed E-state index contributed by atoms with van der Waals surface area (Å²) in [5.41, 5.74) is 0.578. The minimum atomic E-state index is -0.378. The zero-order valence-corrected chi connectivity index (χ0v) is 11.4. The predicted molar refractivity (Wildman–Crippen MR) is 60.8 cm³/mol. The molecular weight excluding hydrogens is 227 g/mol. The number of benzene rings is 2. The van der Waals surface area contributed by atoms with Crippen LogP contribution in [0.2, 0.25) is 0 Å². The fraction of sp³-hybridized carbons (Fsp3) is 0. The van der Waals surface area contributed by atoms with Crippen molar-refractivity contribution in [1.82, 2.24) is 0 Å². The van der Waals surface area contributed by atoms with Crippen LogP contribution in [0.15, 0.2) is 48.5 Å². The van der Waals surface area contributed by atoms with Crippen molar-refractivity contribution in [2.75, 3.05) is 0 Å². The van der Waals surface area contributed by atoms with Crippen LogP contribution in [0.1, 0.15) is 17.3 Å². The van der Waals surface area contributed by atoms with Crippen molar-refractivity contribution in [3.63, 3.8) is 0 Å². The van der Waals surface area contributed by atoms with E-state index in [1.807, 2.05) is 0 Å². The first-order chi connectivity index (χ1) is 7.70. The molecule has 0 fully saturated rings. The molecule has 2 N–H and O–H groups in total. The van der Waals surface area contributed by atoms with Crippen LogP contribution in [0.5, 0.6) is 11.5 Å². The number of aromatic hydroxyl groups is 2. The number of rotatable bonds is 2. The smallest absolute Gasteiger partial charge is 1.00 e. The number of phenols is 2. The van der Waals surface area contributed by atoms with E-state index in [-0.39, 0.29) is 53.8 Å². The van der Waals surface area contributed by atoms with Gasteiger partial charge in [0, 0.05) is 5.56 Å². The molecule has 17 heavy (non-hydrogen) atoms. The Balaban J connectivity index is 0.00000144. The third kappa shape index (κ3) is 2.88. The van der Waals surface area contributed by atoms with Crippen LogP contribution in [0.4, 0.5) is 0 Å². The van der Waals surface area contributed by atoms with Gasteiger partial charge in [0.15, 0.2) is 17.3 Å². The molecule has 0 aliphatic carbocycles. The summed E-state index contributed by atoms with van der Waals surface area (Å²) in [6.45, 7) is 0. The van der Waals surface area contributed by atoms with Crippen LogP contribution in [0.25, 0.3) is 0 Å². The second kappa shape index (κ2) is 5.87.